The maximum Gasteiger partial charge on any atom is 0.419 e. The summed E-state index contributed by atoms with van der Waals surface area (Å²) in [6.07, 6.45) is -4.78. The van der Waals surface area contributed by atoms with Gasteiger partial charge in [-0.15, -0.1) is 0 Å². The molecular weight excluding hydrogens is 323 g/mol. The number of carbonyl (C=O) groups excluding carboxylic acids is 1. The van der Waals surface area contributed by atoms with Crippen molar-refractivity contribution in [3.63, 3.8) is 0 Å². The molecule has 0 unspecified atom stereocenters. The summed E-state index contributed by atoms with van der Waals surface area (Å²) in [4.78, 5) is 11.9. The molecule has 0 spiro atoms. The van der Waals surface area contributed by atoms with E-state index in [4.69, 9.17) is 9.47 Å². The Morgan fingerprint density at radius 3 is 2.25 bits per heavy atom. The highest BCUT2D eigenvalue weighted by Gasteiger charge is 2.46. The van der Waals surface area contributed by atoms with Crippen molar-refractivity contribution in [3.8, 4) is 5.75 Å². The molecule has 128 valence electrons. The molecule has 0 aromatic heterocycles. The van der Waals surface area contributed by atoms with Gasteiger partial charge in [-0.05, 0) is 29.8 Å². The molecule has 0 saturated heterocycles. The number of halogens is 3. The molecule has 0 radical (unpaired) electrons. The second-order valence-electron chi connectivity index (χ2n) is 4.94. The average Bonchev–Trinajstić information content (AvgIpc) is 2.58. The van der Waals surface area contributed by atoms with Crippen LogP contribution in [0, 0.1) is 0 Å². The van der Waals surface area contributed by atoms with Crippen molar-refractivity contribution in [1.29, 1.82) is 0 Å². The van der Waals surface area contributed by atoms with Gasteiger partial charge in [-0.25, -0.2) is 4.79 Å². The number of hydrogen-bond acceptors (Lipinski definition) is 4. The number of hydrogen-bond donors (Lipinski definition) is 1. The molecule has 2 rings (SSSR count). The Morgan fingerprint density at radius 1 is 1.08 bits per heavy atom. The van der Waals surface area contributed by atoms with E-state index in [9.17, 15) is 18.0 Å². The predicted octanol–water partition coefficient (Wildman–Crippen LogP) is 3.78. The van der Waals surface area contributed by atoms with Crippen molar-refractivity contribution in [3.05, 3.63) is 60.2 Å². The number of esters is 1. The fraction of sp³-hybridized carbons (Fsp3) is 0.235. The van der Waals surface area contributed by atoms with E-state index >= 15 is 0 Å². The summed E-state index contributed by atoms with van der Waals surface area (Å²) in [6.45, 7) is -0.226. The first kappa shape index (κ1) is 17.7. The first-order valence-electron chi connectivity index (χ1n) is 7.08. The Bertz CT molecular complexity index is 657. The van der Waals surface area contributed by atoms with Crippen LogP contribution in [0.5, 0.6) is 5.75 Å². The zero-order chi connectivity index (χ0) is 17.6. The van der Waals surface area contributed by atoms with Gasteiger partial charge in [0, 0.05) is 5.69 Å². The summed E-state index contributed by atoms with van der Waals surface area (Å²) in [5.74, 6) is -0.891. The van der Waals surface area contributed by atoms with Gasteiger partial charge >= 0.3 is 12.1 Å². The molecule has 24 heavy (non-hydrogen) atoms. The van der Waals surface area contributed by atoms with E-state index in [1.165, 1.54) is 31.4 Å². The van der Waals surface area contributed by atoms with Gasteiger partial charge in [-0.3, -0.25) is 0 Å². The molecule has 0 fully saturated rings. The van der Waals surface area contributed by atoms with Crippen molar-refractivity contribution < 1.29 is 27.4 Å². The summed E-state index contributed by atoms with van der Waals surface area (Å²) in [7, 11) is 1.45. The minimum Gasteiger partial charge on any atom is -0.497 e. The molecule has 0 amide bonds. The Morgan fingerprint density at radius 2 is 1.71 bits per heavy atom. The number of nitrogens with one attached hydrogen (secondary N) is 1. The maximum absolute atomic E-state index is 13.1. The van der Waals surface area contributed by atoms with Crippen molar-refractivity contribution in [2.45, 2.75) is 18.8 Å². The van der Waals surface area contributed by atoms with Crippen LogP contribution in [0.1, 0.15) is 5.56 Å². The lowest BCUT2D eigenvalue weighted by Gasteiger charge is -2.21. The highest BCUT2D eigenvalue weighted by Crippen LogP contribution is 2.26. The van der Waals surface area contributed by atoms with E-state index in [0.29, 0.717) is 11.3 Å². The first-order chi connectivity index (χ1) is 11.4. The van der Waals surface area contributed by atoms with Crippen LogP contribution < -0.4 is 10.1 Å². The zero-order valence-corrected chi connectivity index (χ0v) is 12.8. The number of ether oxygens (including phenoxy) is 2. The molecule has 2 aromatic rings. The fourth-order valence-electron chi connectivity index (χ4n) is 1.94. The smallest absolute Gasteiger partial charge is 0.419 e. The number of anilines is 1. The molecule has 0 aliphatic rings. The largest absolute Gasteiger partial charge is 0.497 e. The van der Waals surface area contributed by atoms with Gasteiger partial charge in [0.25, 0.3) is 0 Å². The van der Waals surface area contributed by atoms with Crippen molar-refractivity contribution in [2.24, 2.45) is 0 Å². The summed E-state index contributed by atoms with van der Waals surface area (Å²) >= 11 is 0. The molecule has 0 saturated carbocycles. The standard InChI is InChI=1S/C17H16F3NO3/c1-23-14-9-7-13(8-10-14)21-15(17(18,19)20)16(22)24-11-12-5-3-2-4-6-12/h2-10,15,21H,11H2,1H3/t15-/m0/s1. The molecule has 0 aliphatic carbocycles. The zero-order valence-electron chi connectivity index (χ0n) is 12.8. The number of carbonyl (C=O) groups is 1. The lowest BCUT2D eigenvalue weighted by Crippen LogP contribution is -2.44. The number of benzene rings is 2. The van der Waals surface area contributed by atoms with Gasteiger partial charge in [0.1, 0.15) is 12.4 Å². The number of methoxy groups -OCH3 is 1. The second kappa shape index (κ2) is 7.72. The van der Waals surface area contributed by atoms with Gasteiger partial charge in [-0.2, -0.15) is 13.2 Å². The van der Waals surface area contributed by atoms with Crippen LogP contribution >= 0.6 is 0 Å². The van der Waals surface area contributed by atoms with Crippen LogP contribution in [0.2, 0.25) is 0 Å². The Labute approximate surface area is 137 Å². The quantitative estimate of drug-likeness (QED) is 0.814. The number of rotatable bonds is 6. The van der Waals surface area contributed by atoms with Crippen LogP contribution in [0.4, 0.5) is 18.9 Å². The summed E-state index contributed by atoms with van der Waals surface area (Å²) in [6, 6.07) is 11.8. The highest BCUT2D eigenvalue weighted by atomic mass is 19.4. The lowest BCUT2D eigenvalue weighted by atomic mass is 10.2. The summed E-state index contributed by atoms with van der Waals surface area (Å²) in [5.41, 5.74) is 0.742. The highest BCUT2D eigenvalue weighted by molar-refractivity contribution is 5.80. The Balaban J connectivity index is 2.05. The SMILES string of the molecule is COc1ccc(N[C@@H](C(=O)OCc2ccccc2)C(F)(F)F)cc1. The average molecular weight is 339 g/mol. The Hall–Kier alpha value is -2.70. The molecule has 1 N–H and O–H groups in total. The number of alkyl halides is 3. The van der Waals surface area contributed by atoms with Crippen molar-refractivity contribution in [1.82, 2.24) is 0 Å². The first-order valence-corrected chi connectivity index (χ1v) is 7.08. The molecule has 0 heterocycles. The minimum absolute atomic E-state index is 0.134. The monoisotopic (exact) mass is 339 g/mol. The fourth-order valence-corrected chi connectivity index (χ4v) is 1.94. The second-order valence-corrected chi connectivity index (χ2v) is 4.94. The van der Waals surface area contributed by atoms with E-state index in [2.05, 4.69) is 5.32 Å². The van der Waals surface area contributed by atoms with Crippen LogP contribution in [0.15, 0.2) is 54.6 Å². The van der Waals surface area contributed by atoms with E-state index in [-0.39, 0.29) is 12.3 Å². The van der Waals surface area contributed by atoms with Crippen LogP contribution in [-0.2, 0) is 16.1 Å². The lowest BCUT2D eigenvalue weighted by molar-refractivity contribution is -0.177. The van der Waals surface area contributed by atoms with E-state index in [1.54, 1.807) is 30.3 Å². The van der Waals surface area contributed by atoms with E-state index in [0.717, 1.165) is 0 Å². The molecule has 4 nitrogen and oxygen atoms in total. The van der Waals surface area contributed by atoms with Gasteiger partial charge in [0.2, 0.25) is 6.04 Å². The maximum atomic E-state index is 13.1. The van der Waals surface area contributed by atoms with Crippen LogP contribution in [0.25, 0.3) is 0 Å². The normalized spacial score (nSPS) is 12.3. The van der Waals surface area contributed by atoms with E-state index in [1.807, 2.05) is 0 Å². The third-order valence-corrected chi connectivity index (χ3v) is 3.19. The summed E-state index contributed by atoms with van der Waals surface area (Å²) in [5, 5.41) is 2.15. The van der Waals surface area contributed by atoms with Crippen molar-refractivity contribution in [2.75, 3.05) is 12.4 Å². The molecule has 0 aliphatic heterocycles. The molecule has 7 heteroatoms. The van der Waals surface area contributed by atoms with Gasteiger partial charge in [-0.1, -0.05) is 30.3 Å². The third-order valence-electron chi connectivity index (χ3n) is 3.19. The third kappa shape index (κ3) is 4.91. The van der Waals surface area contributed by atoms with Gasteiger partial charge < -0.3 is 14.8 Å². The molecule has 1 atom stereocenters. The van der Waals surface area contributed by atoms with E-state index < -0.39 is 18.2 Å². The predicted molar refractivity (Wildman–Crippen MR) is 82.7 cm³/mol. The van der Waals surface area contributed by atoms with Gasteiger partial charge in [0.15, 0.2) is 0 Å². The molecular formula is C17H16F3NO3. The van der Waals surface area contributed by atoms with Gasteiger partial charge in [0.05, 0.1) is 7.11 Å². The molecule has 0 bridgehead atoms. The topological polar surface area (TPSA) is 47.6 Å². The van der Waals surface area contributed by atoms with Crippen molar-refractivity contribution >= 4 is 11.7 Å². The van der Waals surface area contributed by atoms with Crippen LogP contribution in [-0.4, -0.2) is 25.3 Å². The van der Waals surface area contributed by atoms with Crippen LogP contribution in [0.3, 0.4) is 0 Å². The Kier molecular flexibility index (Phi) is 5.68. The minimum atomic E-state index is -4.78. The summed E-state index contributed by atoms with van der Waals surface area (Å²) < 4.78 is 49.1. The molecule has 2 aromatic carbocycles.